The number of halogens is 2. The van der Waals surface area contributed by atoms with Gasteiger partial charge in [-0.15, -0.1) is 5.10 Å². The maximum absolute atomic E-state index is 13.7. The van der Waals surface area contributed by atoms with E-state index < -0.39 is 17.2 Å². The molecule has 0 unspecified atom stereocenters. The molecule has 36 heavy (non-hydrogen) atoms. The topological polar surface area (TPSA) is 84.1 Å². The Labute approximate surface area is 205 Å². The molecule has 0 amide bonds. The zero-order chi connectivity index (χ0) is 25.7. The van der Waals surface area contributed by atoms with E-state index in [4.69, 9.17) is 9.47 Å². The number of ether oxygens (including phenoxy) is 2. The molecular formula is C26H25F2N5O3. The Morgan fingerprint density at radius 1 is 0.944 bits per heavy atom. The van der Waals surface area contributed by atoms with Crippen molar-refractivity contribution >= 4 is 21.9 Å². The molecule has 0 bridgehead atoms. The summed E-state index contributed by atoms with van der Waals surface area (Å²) in [6.45, 7) is 5.14. The molecule has 0 atom stereocenters. The summed E-state index contributed by atoms with van der Waals surface area (Å²) < 4.78 is 40.7. The SMILES string of the molecule is CC.COCCOc1cnc2ccc(Cn3nnc4ccn(-c5cc(F)cc(F)c5)c(=O)c43)cc2c1. The first kappa shape index (κ1) is 24.9. The Morgan fingerprint density at radius 3 is 2.47 bits per heavy atom. The zero-order valence-corrected chi connectivity index (χ0v) is 20.1. The summed E-state index contributed by atoms with van der Waals surface area (Å²) in [7, 11) is 1.60. The molecule has 0 radical (unpaired) electrons. The first-order chi connectivity index (χ1) is 17.5. The second kappa shape index (κ2) is 11.0. The van der Waals surface area contributed by atoms with E-state index in [2.05, 4.69) is 15.3 Å². The van der Waals surface area contributed by atoms with E-state index in [1.54, 1.807) is 19.4 Å². The number of aromatic nitrogens is 5. The maximum Gasteiger partial charge on any atom is 0.282 e. The van der Waals surface area contributed by atoms with Crippen LogP contribution >= 0.6 is 0 Å². The monoisotopic (exact) mass is 493 g/mol. The fourth-order valence-electron chi connectivity index (χ4n) is 3.73. The van der Waals surface area contributed by atoms with Crippen LogP contribution in [0.5, 0.6) is 5.75 Å². The van der Waals surface area contributed by atoms with Crippen LogP contribution in [-0.2, 0) is 11.3 Å². The number of methoxy groups -OCH3 is 1. The predicted octanol–water partition coefficient (Wildman–Crippen LogP) is 4.51. The second-order valence-electron chi connectivity index (χ2n) is 7.64. The van der Waals surface area contributed by atoms with Gasteiger partial charge in [-0.05, 0) is 42.0 Å². The molecule has 0 N–H and O–H groups in total. The van der Waals surface area contributed by atoms with Crippen molar-refractivity contribution in [3.05, 3.63) is 88.5 Å². The van der Waals surface area contributed by atoms with Gasteiger partial charge in [0.2, 0.25) is 0 Å². The summed E-state index contributed by atoms with van der Waals surface area (Å²) >= 11 is 0. The first-order valence-corrected chi connectivity index (χ1v) is 11.4. The summed E-state index contributed by atoms with van der Waals surface area (Å²) in [5.41, 5.74) is 1.86. The Kier molecular flexibility index (Phi) is 7.65. The lowest BCUT2D eigenvalue weighted by atomic mass is 10.1. The molecule has 5 aromatic rings. The highest BCUT2D eigenvalue weighted by Crippen LogP contribution is 2.21. The van der Waals surface area contributed by atoms with Crippen molar-refractivity contribution in [1.82, 2.24) is 24.5 Å². The van der Waals surface area contributed by atoms with Crippen molar-refractivity contribution in [2.75, 3.05) is 20.3 Å². The molecule has 0 aliphatic rings. The number of hydrogen-bond acceptors (Lipinski definition) is 6. The number of pyridine rings is 2. The van der Waals surface area contributed by atoms with Crippen molar-refractivity contribution in [3.63, 3.8) is 0 Å². The predicted molar refractivity (Wildman–Crippen MR) is 133 cm³/mol. The van der Waals surface area contributed by atoms with Crippen molar-refractivity contribution in [3.8, 4) is 11.4 Å². The minimum atomic E-state index is -0.774. The molecule has 0 spiro atoms. The Bertz CT molecular complexity index is 1540. The first-order valence-electron chi connectivity index (χ1n) is 11.4. The van der Waals surface area contributed by atoms with Crippen LogP contribution in [0.25, 0.3) is 27.6 Å². The molecule has 5 rings (SSSR count). The fraction of sp³-hybridized carbons (Fsp3) is 0.231. The molecule has 0 fully saturated rings. The van der Waals surface area contributed by atoms with E-state index in [9.17, 15) is 13.6 Å². The summed E-state index contributed by atoms with van der Waals surface area (Å²) in [5.74, 6) is -0.925. The van der Waals surface area contributed by atoms with E-state index in [1.807, 2.05) is 38.1 Å². The van der Waals surface area contributed by atoms with Gasteiger partial charge in [-0.1, -0.05) is 25.1 Å². The minimum absolute atomic E-state index is 0.0786. The molecule has 8 nitrogen and oxygen atoms in total. The molecule has 10 heteroatoms. The third-order valence-electron chi connectivity index (χ3n) is 5.30. The standard InChI is InChI=1S/C24H19F2N5O3.C2H6/c1-33-6-7-34-20-9-16-8-15(2-3-21(16)27-13-20)14-31-23-22(28-29-31)4-5-30(24(23)32)19-11-17(25)10-18(26)12-19;1-2/h2-5,8-13H,6-7,14H2,1H3;1-2H3. The van der Waals surface area contributed by atoms with E-state index in [-0.39, 0.29) is 17.7 Å². The maximum atomic E-state index is 13.7. The van der Waals surface area contributed by atoms with Crippen LogP contribution in [0.2, 0.25) is 0 Å². The summed E-state index contributed by atoms with van der Waals surface area (Å²) in [4.78, 5) is 17.6. The molecule has 2 aromatic carbocycles. The van der Waals surface area contributed by atoms with Crippen molar-refractivity contribution in [2.45, 2.75) is 20.4 Å². The van der Waals surface area contributed by atoms with Gasteiger partial charge >= 0.3 is 0 Å². The van der Waals surface area contributed by atoms with Crippen molar-refractivity contribution in [2.24, 2.45) is 0 Å². The lowest BCUT2D eigenvalue weighted by Crippen LogP contribution is -2.21. The van der Waals surface area contributed by atoms with Crippen molar-refractivity contribution in [1.29, 1.82) is 0 Å². The molecule has 0 saturated heterocycles. The number of rotatable bonds is 7. The van der Waals surface area contributed by atoms with Crippen LogP contribution in [0.4, 0.5) is 8.78 Å². The van der Waals surface area contributed by atoms with Gasteiger partial charge in [0.1, 0.15) is 29.5 Å². The smallest absolute Gasteiger partial charge is 0.282 e. The van der Waals surface area contributed by atoms with E-state index >= 15 is 0 Å². The van der Waals surface area contributed by atoms with Gasteiger partial charge in [0.05, 0.1) is 30.6 Å². The average Bonchev–Trinajstić information content (AvgIpc) is 3.28. The highest BCUT2D eigenvalue weighted by molar-refractivity contribution is 5.80. The molecule has 0 aliphatic carbocycles. The van der Waals surface area contributed by atoms with Gasteiger partial charge < -0.3 is 9.47 Å². The number of fused-ring (bicyclic) bond motifs is 2. The van der Waals surface area contributed by atoms with Gasteiger partial charge in [0.25, 0.3) is 5.56 Å². The minimum Gasteiger partial charge on any atom is -0.490 e. The van der Waals surface area contributed by atoms with E-state index in [1.165, 1.54) is 15.4 Å². The normalized spacial score (nSPS) is 10.9. The number of benzene rings is 2. The quantitative estimate of drug-likeness (QED) is 0.310. The average molecular weight is 494 g/mol. The molecule has 0 aliphatic heterocycles. The third-order valence-corrected chi connectivity index (χ3v) is 5.30. The van der Waals surface area contributed by atoms with Gasteiger partial charge in [0, 0.05) is 24.8 Å². The summed E-state index contributed by atoms with van der Waals surface area (Å²) in [5, 5.41) is 9.06. The fourth-order valence-corrected chi connectivity index (χ4v) is 3.73. The zero-order valence-electron chi connectivity index (χ0n) is 20.1. The molecule has 3 aromatic heterocycles. The molecule has 3 heterocycles. The molecule has 0 saturated carbocycles. The Balaban J connectivity index is 0.00000148. The van der Waals surface area contributed by atoms with Gasteiger partial charge in [-0.25, -0.2) is 13.5 Å². The van der Waals surface area contributed by atoms with Crippen LogP contribution in [0.1, 0.15) is 19.4 Å². The number of hydrogen-bond donors (Lipinski definition) is 0. The van der Waals surface area contributed by atoms with Crippen LogP contribution in [-0.4, -0.2) is 44.9 Å². The summed E-state index contributed by atoms with van der Waals surface area (Å²) in [6, 6.07) is 12.1. The lowest BCUT2D eigenvalue weighted by Gasteiger charge is -2.09. The van der Waals surface area contributed by atoms with Crippen molar-refractivity contribution < 1.29 is 18.3 Å². The lowest BCUT2D eigenvalue weighted by molar-refractivity contribution is 0.146. The second-order valence-corrected chi connectivity index (χ2v) is 7.64. The van der Waals surface area contributed by atoms with Crippen LogP contribution in [0, 0.1) is 11.6 Å². The van der Waals surface area contributed by atoms with Crippen LogP contribution in [0.15, 0.2) is 65.7 Å². The van der Waals surface area contributed by atoms with Gasteiger partial charge in [0.15, 0.2) is 5.52 Å². The highest BCUT2D eigenvalue weighted by Gasteiger charge is 2.14. The summed E-state index contributed by atoms with van der Waals surface area (Å²) in [6.07, 6.45) is 3.07. The molecule has 186 valence electrons. The van der Waals surface area contributed by atoms with Gasteiger partial charge in [-0.3, -0.25) is 14.3 Å². The Hall–Kier alpha value is -4.18. The number of nitrogens with zero attached hydrogens (tertiary/aromatic N) is 5. The van der Waals surface area contributed by atoms with E-state index in [0.717, 1.165) is 34.7 Å². The Morgan fingerprint density at radius 2 is 1.72 bits per heavy atom. The highest BCUT2D eigenvalue weighted by atomic mass is 19.1. The molecular weight excluding hydrogens is 468 g/mol. The third kappa shape index (κ3) is 5.23. The van der Waals surface area contributed by atoms with Gasteiger partial charge in [-0.2, -0.15) is 0 Å². The van der Waals surface area contributed by atoms with E-state index in [0.29, 0.717) is 24.5 Å². The van der Waals surface area contributed by atoms with Crippen LogP contribution in [0.3, 0.4) is 0 Å². The van der Waals surface area contributed by atoms with Crippen LogP contribution < -0.4 is 10.3 Å². The largest absolute Gasteiger partial charge is 0.490 e.